The molecule has 2 aliphatic rings. The third kappa shape index (κ3) is 3.35. The van der Waals surface area contributed by atoms with E-state index in [9.17, 15) is 0 Å². The average molecular weight is 445 g/mol. The molecule has 4 nitrogen and oxygen atoms in total. The lowest BCUT2D eigenvalue weighted by molar-refractivity contribution is 0.462. The molecule has 4 aromatic carbocycles. The van der Waals surface area contributed by atoms with Crippen LogP contribution in [-0.4, -0.2) is 25.1 Å². The molecule has 2 aliphatic heterocycles. The highest BCUT2D eigenvalue weighted by Crippen LogP contribution is 2.53. The third-order valence-electron chi connectivity index (χ3n) is 6.88. The van der Waals surface area contributed by atoms with Crippen LogP contribution in [0.15, 0.2) is 126 Å². The van der Waals surface area contributed by atoms with Gasteiger partial charge >= 0.3 is 0 Å². The van der Waals surface area contributed by atoms with Gasteiger partial charge in [0.05, 0.1) is 0 Å². The maximum Gasteiger partial charge on any atom is 0.138 e. The summed E-state index contributed by atoms with van der Waals surface area (Å²) in [5, 5.41) is 7.25. The highest BCUT2D eigenvalue weighted by atomic mass is 15.4. The lowest BCUT2D eigenvalue weighted by atomic mass is 9.73. The van der Waals surface area contributed by atoms with Crippen molar-refractivity contribution in [2.24, 2.45) is 4.99 Å². The Hall–Kier alpha value is -3.73. The van der Waals surface area contributed by atoms with Gasteiger partial charge in [-0.3, -0.25) is 15.6 Å². The first kappa shape index (κ1) is 20.8. The van der Waals surface area contributed by atoms with Gasteiger partial charge in [-0.05, 0) is 28.8 Å². The molecule has 0 aromatic heterocycles. The number of para-hydroxylation sites is 1. The highest BCUT2D eigenvalue weighted by Gasteiger charge is 2.55. The molecule has 0 aliphatic carbocycles. The molecule has 1 atom stereocenters. The van der Waals surface area contributed by atoms with Crippen LogP contribution < -0.4 is 15.5 Å². The van der Waals surface area contributed by atoms with Gasteiger partial charge in [0.25, 0.3) is 0 Å². The van der Waals surface area contributed by atoms with Crippen LogP contribution in [0, 0.1) is 0 Å². The van der Waals surface area contributed by atoms with Crippen LogP contribution in [0.5, 0.6) is 0 Å². The van der Waals surface area contributed by atoms with Gasteiger partial charge in [-0.25, -0.2) is 0 Å². The number of benzene rings is 4. The van der Waals surface area contributed by atoms with E-state index < -0.39 is 5.54 Å². The summed E-state index contributed by atoms with van der Waals surface area (Å²) in [4.78, 5) is 7.99. The molecule has 4 heteroatoms. The molecule has 1 fully saturated rings. The van der Waals surface area contributed by atoms with E-state index in [2.05, 4.69) is 137 Å². The van der Waals surface area contributed by atoms with Gasteiger partial charge in [-0.15, -0.1) is 0 Å². The molecule has 2 heterocycles. The second-order valence-electron chi connectivity index (χ2n) is 8.81. The van der Waals surface area contributed by atoms with Crippen LogP contribution in [0.4, 0.5) is 5.69 Å². The minimum atomic E-state index is -0.549. The van der Waals surface area contributed by atoms with E-state index >= 15 is 0 Å². The van der Waals surface area contributed by atoms with Gasteiger partial charge < -0.3 is 4.90 Å². The summed E-state index contributed by atoms with van der Waals surface area (Å²) in [6.45, 7) is 1.85. The van der Waals surface area contributed by atoms with E-state index in [-0.39, 0.29) is 12.2 Å². The lowest BCUT2D eigenvalue weighted by Gasteiger charge is -2.45. The minimum Gasteiger partial charge on any atom is -0.311 e. The number of hydrogen-bond acceptors (Lipinski definition) is 4. The Morgan fingerprint density at radius 3 is 1.62 bits per heavy atom. The molecule has 1 unspecified atom stereocenters. The third-order valence-corrected chi connectivity index (χ3v) is 6.88. The molecular formula is C30H28N4. The van der Waals surface area contributed by atoms with Gasteiger partial charge in [0.2, 0.25) is 0 Å². The number of rotatable bonds is 5. The zero-order valence-corrected chi connectivity index (χ0v) is 19.0. The molecular weight excluding hydrogens is 416 g/mol. The Morgan fingerprint density at radius 2 is 1.09 bits per heavy atom. The van der Waals surface area contributed by atoms with E-state index in [1.165, 1.54) is 16.7 Å². The molecule has 0 saturated carbocycles. The molecule has 4 aromatic rings. The SMILES string of the molecule is c1ccc(C2N=C(C3NCCN3)N(c3ccccc3)C2(c2ccccc2)c2ccccc2)cc1. The van der Waals surface area contributed by atoms with Crippen molar-refractivity contribution >= 4 is 11.5 Å². The van der Waals surface area contributed by atoms with Crippen LogP contribution in [0.3, 0.4) is 0 Å². The van der Waals surface area contributed by atoms with Crippen molar-refractivity contribution < 1.29 is 0 Å². The van der Waals surface area contributed by atoms with Gasteiger partial charge in [-0.2, -0.15) is 0 Å². The summed E-state index contributed by atoms with van der Waals surface area (Å²) in [7, 11) is 0. The van der Waals surface area contributed by atoms with E-state index in [4.69, 9.17) is 4.99 Å². The molecule has 0 amide bonds. The summed E-state index contributed by atoms with van der Waals surface area (Å²) in [6.07, 6.45) is -0.0132. The van der Waals surface area contributed by atoms with E-state index in [0.717, 1.165) is 24.6 Å². The fourth-order valence-electron chi connectivity index (χ4n) is 5.47. The van der Waals surface area contributed by atoms with Crippen LogP contribution in [0.25, 0.3) is 0 Å². The minimum absolute atomic E-state index is 0.0132. The van der Waals surface area contributed by atoms with Gasteiger partial charge in [0, 0.05) is 18.8 Å². The summed E-state index contributed by atoms with van der Waals surface area (Å²) < 4.78 is 0. The molecule has 0 radical (unpaired) electrons. The average Bonchev–Trinajstić information content (AvgIpc) is 3.58. The van der Waals surface area contributed by atoms with Crippen LogP contribution in [0.1, 0.15) is 22.7 Å². The van der Waals surface area contributed by atoms with E-state index in [0.29, 0.717) is 0 Å². The lowest BCUT2D eigenvalue weighted by Crippen LogP contribution is -2.55. The second-order valence-corrected chi connectivity index (χ2v) is 8.81. The predicted octanol–water partition coefficient (Wildman–Crippen LogP) is 5.11. The molecule has 1 saturated heterocycles. The Morgan fingerprint density at radius 1 is 0.618 bits per heavy atom. The quantitative estimate of drug-likeness (QED) is 0.449. The Bertz CT molecular complexity index is 1210. The monoisotopic (exact) mass is 444 g/mol. The second kappa shape index (κ2) is 8.90. The Labute approximate surface area is 201 Å². The molecule has 168 valence electrons. The van der Waals surface area contributed by atoms with Crippen molar-refractivity contribution in [1.82, 2.24) is 10.6 Å². The number of aliphatic imine (C=N–C) groups is 1. The summed E-state index contributed by atoms with van der Waals surface area (Å²) in [6, 6.07) is 42.9. The van der Waals surface area contributed by atoms with Crippen molar-refractivity contribution in [3.05, 3.63) is 138 Å². The fourth-order valence-corrected chi connectivity index (χ4v) is 5.47. The smallest absolute Gasteiger partial charge is 0.138 e. The summed E-state index contributed by atoms with van der Waals surface area (Å²) in [5.41, 5.74) is 4.21. The molecule has 2 N–H and O–H groups in total. The molecule has 0 bridgehead atoms. The van der Waals surface area contributed by atoms with Crippen LogP contribution in [0.2, 0.25) is 0 Å². The normalized spacial score (nSPS) is 19.8. The predicted molar refractivity (Wildman–Crippen MR) is 139 cm³/mol. The maximum atomic E-state index is 5.52. The van der Waals surface area contributed by atoms with E-state index in [1.807, 2.05) is 0 Å². The molecule has 0 spiro atoms. The van der Waals surface area contributed by atoms with Crippen LogP contribution in [-0.2, 0) is 5.54 Å². The maximum absolute atomic E-state index is 5.52. The first-order valence-electron chi connectivity index (χ1n) is 11.9. The standard InChI is InChI=1S/C30H28N4/c1-5-13-23(14-6-1)27-30(24-15-7-2-8-16-24,25-17-9-3-10-18-25)34(26-19-11-4-12-20-26)29(33-27)28-31-21-22-32-28/h1-20,27-28,31-32H,21-22H2. The van der Waals surface area contributed by atoms with Gasteiger partial charge in [0.15, 0.2) is 0 Å². The zero-order chi connectivity index (χ0) is 22.8. The Balaban J connectivity index is 1.70. The van der Waals surface area contributed by atoms with Crippen molar-refractivity contribution in [1.29, 1.82) is 0 Å². The van der Waals surface area contributed by atoms with Crippen molar-refractivity contribution in [3.8, 4) is 0 Å². The number of anilines is 1. The van der Waals surface area contributed by atoms with Crippen LogP contribution >= 0.6 is 0 Å². The zero-order valence-electron chi connectivity index (χ0n) is 19.0. The number of nitrogens with zero attached hydrogens (tertiary/aromatic N) is 2. The van der Waals surface area contributed by atoms with Crippen molar-refractivity contribution in [2.45, 2.75) is 17.7 Å². The van der Waals surface area contributed by atoms with E-state index in [1.54, 1.807) is 0 Å². The molecule has 6 rings (SSSR count). The van der Waals surface area contributed by atoms with Gasteiger partial charge in [-0.1, -0.05) is 109 Å². The van der Waals surface area contributed by atoms with Crippen molar-refractivity contribution in [3.63, 3.8) is 0 Å². The van der Waals surface area contributed by atoms with Gasteiger partial charge in [0.1, 0.15) is 23.6 Å². The number of hydrogen-bond donors (Lipinski definition) is 2. The number of nitrogens with one attached hydrogen (secondary N) is 2. The molecule has 34 heavy (non-hydrogen) atoms. The summed E-state index contributed by atoms with van der Waals surface area (Å²) in [5.74, 6) is 1.02. The summed E-state index contributed by atoms with van der Waals surface area (Å²) >= 11 is 0. The highest BCUT2D eigenvalue weighted by molar-refractivity contribution is 6.06. The van der Waals surface area contributed by atoms with Crippen molar-refractivity contribution in [2.75, 3.05) is 18.0 Å². The number of amidine groups is 1. The fraction of sp³-hybridized carbons (Fsp3) is 0.167. The Kier molecular flexibility index (Phi) is 5.46. The first-order chi connectivity index (χ1) is 16.9. The largest absolute Gasteiger partial charge is 0.311 e. The topological polar surface area (TPSA) is 39.7 Å². The first-order valence-corrected chi connectivity index (χ1v) is 11.9.